The molecule has 0 aliphatic heterocycles. The molecule has 64 valence electrons. The van der Waals surface area contributed by atoms with Crippen molar-refractivity contribution < 1.29 is 0 Å². The van der Waals surface area contributed by atoms with E-state index in [2.05, 4.69) is 31.0 Å². The third-order valence-electron chi connectivity index (χ3n) is 1.53. The SMILES string of the molecule is N#CCn1ncc2nc(Br)cnc21. The van der Waals surface area contributed by atoms with Crippen LogP contribution in [0.5, 0.6) is 0 Å². The van der Waals surface area contributed by atoms with E-state index in [0.717, 1.165) is 0 Å². The van der Waals surface area contributed by atoms with Gasteiger partial charge in [0.2, 0.25) is 0 Å². The number of rotatable bonds is 1. The first-order valence-electron chi connectivity index (χ1n) is 3.52. The van der Waals surface area contributed by atoms with Crippen LogP contribution in [0.25, 0.3) is 11.2 Å². The Morgan fingerprint density at radius 1 is 1.54 bits per heavy atom. The summed E-state index contributed by atoms with van der Waals surface area (Å²) in [5.74, 6) is 0. The Bertz CT molecular complexity index is 483. The molecule has 0 saturated carbocycles. The Hall–Kier alpha value is -1.48. The molecule has 0 spiro atoms. The zero-order valence-electron chi connectivity index (χ0n) is 6.48. The number of nitriles is 1. The van der Waals surface area contributed by atoms with Crippen molar-refractivity contribution in [3.8, 4) is 6.07 Å². The molecule has 2 heterocycles. The highest BCUT2D eigenvalue weighted by Gasteiger charge is 2.04. The van der Waals surface area contributed by atoms with Crippen LogP contribution in [0.2, 0.25) is 0 Å². The van der Waals surface area contributed by atoms with Gasteiger partial charge in [-0.3, -0.25) is 0 Å². The number of fused-ring (bicyclic) bond motifs is 1. The fraction of sp³-hybridized carbons (Fsp3) is 0.143. The molecular weight excluding hydrogens is 234 g/mol. The molecule has 0 aliphatic carbocycles. The van der Waals surface area contributed by atoms with E-state index in [1.165, 1.54) is 4.68 Å². The van der Waals surface area contributed by atoms with Gasteiger partial charge in [-0.25, -0.2) is 14.6 Å². The van der Waals surface area contributed by atoms with Gasteiger partial charge in [0.25, 0.3) is 0 Å². The van der Waals surface area contributed by atoms with Crippen molar-refractivity contribution in [2.24, 2.45) is 0 Å². The molecule has 2 rings (SSSR count). The van der Waals surface area contributed by atoms with Gasteiger partial charge in [-0.05, 0) is 15.9 Å². The molecule has 0 aromatic carbocycles. The summed E-state index contributed by atoms with van der Waals surface area (Å²) < 4.78 is 2.17. The lowest BCUT2D eigenvalue weighted by Crippen LogP contribution is -1.98. The first kappa shape index (κ1) is 8.13. The van der Waals surface area contributed by atoms with E-state index in [0.29, 0.717) is 15.8 Å². The molecule has 0 amide bonds. The molecule has 0 atom stereocenters. The summed E-state index contributed by atoms with van der Waals surface area (Å²) in [5, 5.41) is 12.5. The zero-order valence-corrected chi connectivity index (χ0v) is 8.06. The molecule has 0 unspecified atom stereocenters. The van der Waals surface area contributed by atoms with Crippen molar-refractivity contribution in [1.82, 2.24) is 19.7 Å². The monoisotopic (exact) mass is 237 g/mol. The number of halogens is 1. The van der Waals surface area contributed by atoms with Crippen LogP contribution in [0.1, 0.15) is 0 Å². The third-order valence-corrected chi connectivity index (χ3v) is 1.92. The number of aromatic nitrogens is 4. The molecule has 0 saturated heterocycles. The van der Waals surface area contributed by atoms with Crippen molar-refractivity contribution in [2.45, 2.75) is 6.54 Å². The highest BCUT2D eigenvalue weighted by molar-refractivity contribution is 9.10. The molecule has 0 aliphatic rings. The highest BCUT2D eigenvalue weighted by Crippen LogP contribution is 2.11. The summed E-state index contributed by atoms with van der Waals surface area (Å²) in [6, 6.07) is 2.00. The van der Waals surface area contributed by atoms with Crippen LogP contribution in [0.3, 0.4) is 0 Å². The second-order valence-corrected chi connectivity index (χ2v) is 3.17. The first-order chi connectivity index (χ1) is 6.31. The van der Waals surface area contributed by atoms with Gasteiger partial charge in [-0.1, -0.05) is 0 Å². The van der Waals surface area contributed by atoms with Gasteiger partial charge < -0.3 is 0 Å². The number of hydrogen-bond acceptors (Lipinski definition) is 4. The smallest absolute Gasteiger partial charge is 0.177 e. The number of hydrogen-bond donors (Lipinski definition) is 0. The Labute approximate surface area is 82.1 Å². The lowest BCUT2D eigenvalue weighted by molar-refractivity contribution is 0.727. The van der Waals surface area contributed by atoms with Crippen molar-refractivity contribution in [1.29, 1.82) is 5.26 Å². The summed E-state index contributed by atoms with van der Waals surface area (Å²) in [7, 11) is 0. The molecule has 5 nitrogen and oxygen atoms in total. The Kier molecular flexibility index (Phi) is 1.94. The molecule has 2 aromatic heterocycles. The second-order valence-electron chi connectivity index (χ2n) is 2.36. The summed E-state index contributed by atoms with van der Waals surface area (Å²) >= 11 is 3.20. The van der Waals surface area contributed by atoms with Crippen LogP contribution < -0.4 is 0 Å². The molecule has 0 bridgehead atoms. The predicted molar refractivity (Wildman–Crippen MR) is 48.6 cm³/mol. The molecule has 0 radical (unpaired) electrons. The molecule has 0 fully saturated rings. The van der Waals surface area contributed by atoms with Gasteiger partial charge in [-0.2, -0.15) is 10.4 Å². The van der Waals surface area contributed by atoms with Gasteiger partial charge in [0, 0.05) is 0 Å². The summed E-state index contributed by atoms with van der Waals surface area (Å²) in [6.07, 6.45) is 3.17. The Morgan fingerprint density at radius 2 is 2.38 bits per heavy atom. The van der Waals surface area contributed by atoms with Gasteiger partial charge in [0.1, 0.15) is 16.7 Å². The maximum Gasteiger partial charge on any atom is 0.177 e. The van der Waals surface area contributed by atoms with E-state index in [1.807, 2.05) is 6.07 Å². The predicted octanol–water partition coefficient (Wildman–Crippen LogP) is 1.11. The van der Waals surface area contributed by atoms with Crippen LogP contribution in [0.15, 0.2) is 17.0 Å². The first-order valence-corrected chi connectivity index (χ1v) is 4.31. The normalized spacial score (nSPS) is 10.2. The lowest BCUT2D eigenvalue weighted by Gasteiger charge is -1.94. The van der Waals surface area contributed by atoms with Crippen molar-refractivity contribution in [2.75, 3.05) is 0 Å². The Balaban J connectivity index is 2.63. The average molecular weight is 238 g/mol. The average Bonchev–Trinajstić information content (AvgIpc) is 2.49. The van der Waals surface area contributed by atoms with Crippen molar-refractivity contribution >= 4 is 27.1 Å². The fourth-order valence-corrected chi connectivity index (χ4v) is 1.32. The largest absolute Gasteiger partial charge is 0.234 e. The fourth-order valence-electron chi connectivity index (χ4n) is 1.02. The van der Waals surface area contributed by atoms with E-state index >= 15 is 0 Å². The lowest BCUT2D eigenvalue weighted by atomic mass is 10.5. The Morgan fingerprint density at radius 3 is 3.15 bits per heavy atom. The number of nitrogens with zero attached hydrogens (tertiary/aromatic N) is 5. The minimum absolute atomic E-state index is 0.194. The topological polar surface area (TPSA) is 67.4 Å². The molecule has 13 heavy (non-hydrogen) atoms. The van der Waals surface area contributed by atoms with Gasteiger partial charge >= 0.3 is 0 Å². The van der Waals surface area contributed by atoms with Crippen LogP contribution >= 0.6 is 15.9 Å². The van der Waals surface area contributed by atoms with Crippen LogP contribution in [0.4, 0.5) is 0 Å². The van der Waals surface area contributed by atoms with E-state index in [1.54, 1.807) is 12.4 Å². The summed E-state index contributed by atoms with van der Waals surface area (Å²) in [6.45, 7) is 0.194. The molecular formula is C7H4BrN5. The van der Waals surface area contributed by atoms with Crippen LogP contribution in [0, 0.1) is 11.3 Å². The zero-order chi connectivity index (χ0) is 9.26. The molecule has 0 N–H and O–H groups in total. The van der Waals surface area contributed by atoms with Crippen LogP contribution in [-0.4, -0.2) is 19.7 Å². The van der Waals surface area contributed by atoms with Crippen LogP contribution in [-0.2, 0) is 6.54 Å². The maximum absolute atomic E-state index is 8.48. The van der Waals surface area contributed by atoms with Crippen molar-refractivity contribution in [3.63, 3.8) is 0 Å². The minimum Gasteiger partial charge on any atom is -0.234 e. The van der Waals surface area contributed by atoms with Gasteiger partial charge in [0.15, 0.2) is 5.65 Å². The van der Waals surface area contributed by atoms with E-state index < -0.39 is 0 Å². The summed E-state index contributed by atoms with van der Waals surface area (Å²) in [5.41, 5.74) is 1.31. The highest BCUT2D eigenvalue weighted by atomic mass is 79.9. The standard InChI is InChI=1S/C7H4BrN5/c8-6-4-10-7-5(12-6)3-11-13(7)2-1-9/h3-4H,2H2. The van der Waals surface area contributed by atoms with E-state index in [-0.39, 0.29) is 6.54 Å². The van der Waals surface area contributed by atoms with Crippen molar-refractivity contribution in [3.05, 3.63) is 17.0 Å². The van der Waals surface area contributed by atoms with E-state index in [4.69, 9.17) is 5.26 Å². The second kappa shape index (κ2) is 3.11. The maximum atomic E-state index is 8.48. The minimum atomic E-state index is 0.194. The molecule has 2 aromatic rings. The quantitative estimate of drug-likeness (QED) is 0.746. The third kappa shape index (κ3) is 1.38. The van der Waals surface area contributed by atoms with Gasteiger partial charge in [-0.15, -0.1) is 0 Å². The molecule has 6 heteroatoms. The summed E-state index contributed by atoms with van der Waals surface area (Å²) in [4.78, 5) is 8.24. The van der Waals surface area contributed by atoms with E-state index in [9.17, 15) is 0 Å². The van der Waals surface area contributed by atoms with Gasteiger partial charge in [0.05, 0.1) is 18.5 Å².